The summed E-state index contributed by atoms with van der Waals surface area (Å²) in [5.74, 6) is 1.78. The number of methoxy groups -OCH3 is 1. The highest BCUT2D eigenvalue weighted by Crippen LogP contribution is 2.25. The number of ether oxygens (including phenoxy) is 2. The van der Waals surface area contributed by atoms with E-state index in [2.05, 4.69) is 47.9 Å². The van der Waals surface area contributed by atoms with E-state index in [4.69, 9.17) is 9.47 Å². The number of nitrogens with zero attached hydrogens (tertiary/aromatic N) is 2. The molecule has 2 aliphatic heterocycles. The maximum absolute atomic E-state index is 9.84. The molecule has 4 atom stereocenters. The molecule has 0 saturated carbocycles. The Kier molecular flexibility index (Phi) is 7.30. The number of benzene rings is 1. The summed E-state index contributed by atoms with van der Waals surface area (Å²) < 4.78 is 11.0. The minimum absolute atomic E-state index is 0.277. The van der Waals surface area contributed by atoms with Crippen LogP contribution < -0.4 is 4.74 Å². The summed E-state index contributed by atoms with van der Waals surface area (Å²) in [7, 11) is 1.68. The van der Waals surface area contributed by atoms with Crippen molar-refractivity contribution in [2.45, 2.75) is 26.1 Å². The van der Waals surface area contributed by atoms with Gasteiger partial charge in [-0.2, -0.15) is 0 Å². The Labute approximate surface area is 163 Å². The molecule has 1 aromatic rings. The van der Waals surface area contributed by atoms with E-state index in [0.717, 1.165) is 45.0 Å². The zero-order chi connectivity index (χ0) is 19.2. The normalized spacial score (nSPS) is 30.2. The van der Waals surface area contributed by atoms with Gasteiger partial charge in [0.05, 0.1) is 19.3 Å². The van der Waals surface area contributed by atoms with Gasteiger partial charge in [-0.15, -0.1) is 0 Å². The van der Waals surface area contributed by atoms with Gasteiger partial charge in [0.25, 0.3) is 0 Å². The van der Waals surface area contributed by atoms with Crippen LogP contribution in [0.25, 0.3) is 6.08 Å². The second-order valence-corrected chi connectivity index (χ2v) is 8.07. The molecule has 0 unspecified atom stereocenters. The predicted molar refractivity (Wildman–Crippen MR) is 109 cm³/mol. The van der Waals surface area contributed by atoms with Crippen LogP contribution in [0, 0.1) is 11.8 Å². The first-order chi connectivity index (χ1) is 13.1. The van der Waals surface area contributed by atoms with Crippen molar-refractivity contribution in [3.63, 3.8) is 0 Å². The molecule has 3 rings (SSSR count). The Morgan fingerprint density at radius 3 is 2.33 bits per heavy atom. The van der Waals surface area contributed by atoms with E-state index in [-0.39, 0.29) is 6.61 Å². The van der Waals surface area contributed by atoms with Gasteiger partial charge in [0, 0.05) is 45.9 Å². The van der Waals surface area contributed by atoms with E-state index in [9.17, 15) is 5.11 Å². The van der Waals surface area contributed by atoms with Crippen LogP contribution in [0.15, 0.2) is 30.3 Å². The van der Waals surface area contributed by atoms with Crippen molar-refractivity contribution < 1.29 is 14.6 Å². The minimum atomic E-state index is 0.277. The number of rotatable bonds is 7. The average molecular weight is 375 g/mol. The summed E-state index contributed by atoms with van der Waals surface area (Å²) in [6.07, 6.45) is 4.97. The molecule has 0 aromatic heterocycles. The van der Waals surface area contributed by atoms with Crippen LogP contribution in [0.3, 0.4) is 0 Å². The second-order valence-electron chi connectivity index (χ2n) is 8.07. The lowest BCUT2D eigenvalue weighted by Gasteiger charge is -2.37. The van der Waals surface area contributed by atoms with Crippen molar-refractivity contribution in [1.29, 1.82) is 0 Å². The Hall–Kier alpha value is -1.40. The topological polar surface area (TPSA) is 45.2 Å². The van der Waals surface area contributed by atoms with E-state index >= 15 is 0 Å². The highest BCUT2D eigenvalue weighted by Gasteiger charge is 2.34. The standard InChI is InChI=1S/C22H34N2O3/c1-17-11-24(12-18(2)27-17)14-20-13-23(15-21(20)16-25)10-4-5-19-6-8-22(26-3)9-7-19/h4-9,17-18,20-21,25H,10-16H2,1-3H3/t17-,18+,20-,21+/m0/s1. The van der Waals surface area contributed by atoms with E-state index < -0.39 is 0 Å². The van der Waals surface area contributed by atoms with E-state index in [0.29, 0.717) is 24.0 Å². The number of aliphatic hydroxyl groups excluding tert-OH is 1. The first kappa shape index (κ1) is 20.3. The molecular weight excluding hydrogens is 340 g/mol. The molecule has 2 fully saturated rings. The highest BCUT2D eigenvalue weighted by atomic mass is 16.5. The molecule has 0 spiro atoms. The lowest BCUT2D eigenvalue weighted by molar-refractivity contribution is -0.0727. The third kappa shape index (κ3) is 5.79. The minimum Gasteiger partial charge on any atom is -0.497 e. The maximum atomic E-state index is 9.84. The van der Waals surface area contributed by atoms with Gasteiger partial charge in [-0.05, 0) is 43.4 Å². The van der Waals surface area contributed by atoms with Gasteiger partial charge in [-0.3, -0.25) is 9.80 Å². The van der Waals surface area contributed by atoms with Crippen molar-refractivity contribution in [2.24, 2.45) is 11.8 Å². The molecule has 5 nitrogen and oxygen atoms in total. The van der Waals surface area contributed by atoms with Gasteiger partial charge < -0.3 is 14.6 Å². The number of morpholine rings is 1. The van der Waals surface area contributed by atoms with Crippen LogP contribution in [0.5, 0.6) is 5.75 Å². The molecule has 0 amide bonds. The van der Waals surface area contributed by atoms with Crippen molar-refractivity contribution in [2.75, 3.05) is 53.0 Å². The van der Waals surface area contributed by atoms with Gasteiger partial charge in [0.1, 0.15) is 5.75 Å². The Morgan fingerprint density at radius 1 is 1.04 bits per heavy atom. The lowest BCUT2D eigenvalue weighted by Crippen LogP contribution is -2.48. The molecular formula is C22H34N2O3. The fourth-order valence-corrected chi connectivity index (χ4v) is 4.42. The van der Waals surface area contributed by atoms with Crippen LogP contribution in [0.2, 0.25) is 0 Å². The zero-order valence-electron chi connectivity index (χ0n) is 16.9. The molecule has 2 saturated heterocycles. The fourth-order valence-electron chi connectivity index (χ4n) is 4.42. The Bertz CT molecular complexity index is 594. The number of likely N-dealkylation sites (tertiary alicyclic amines) is 1. The monoisotopic (exact) mass is 374 g/mol. The summed E-state index contributed by atoms with van der Waals surface area (Å²) in [5, 5.41) is 9.84. The summed E-state index contributed by atoms with van der Waals surface area (Å²) in [6, 6.07) is 8.11. The maximum Gasteiger partial charge on any atom is 0.118 e. The molecule has 0 radical (unpaired) electrons. The smallest absolute Gasteiger partial charge is 0.118 e. The predicted octanol–water partition coefficient (Wildman–Crippen LogP) is 2.36. The molecule has 0 bridgehead atoms. The molecule has 0 aliphatic carbocycles. The van der Waals surface area contributed by atoms with E-state index in [1.807, 2.05) is 12.1 Å². The van der Waals surface area contributed by atoms with Gasteiger partial charge in [-0.25, -0.2) is 0 Å². The highest BCUT2D eigenvalue weighted by molar-refractivity contribution is 5.50. The Balaban J connectivity index is 1.50. The third-order valence-electron chi connectivity index (χ3n) is 5.66. The van der Waals surface area contributed by atoms with Gasteiger partial charge >= 0.3 is 0 Å². The summed E-state index contributed by atoms with van der Waals surface area (Å²) in [5.41, 5.74) is 1.18. The van der Waals surface area contributed by atoms with Crippen molar-refractivity contribution in [1.82, 2.24) is 9.80 Å². The van der Waals surface area contributed by atoms with Gasteiger partial charge in [0.15, 0.2) is 0 Å². The molecule has 1 aromatic carbocycles. The summed E-state index contributed by atoms with van der Waals surface area (Å²) in [4.78, 5) is 4.97. The largest absolute Gasteiger partial charge is 0.497 e. The van der Waals surface area contributed by atoms with Crippen LogP contribution in [0.4, 0.5) is 0 Å². The zero-order valence-corrected chi connectivity index (χ0v) is 16.9. The average Bonchev–Trinajstić information content (AvgIpc) is 3.03. The van der Waals surface area contributed by atoms with E-state index in [1.54, 1.807) is 7.11 Å². The quantitative estimate of drug-likeness (QED) is 0.794. The van der Waals surface area contributed by atoms with Gasteiger partial charge in [0.2, 0.25) is 0 Å². The number of aliphatic hydroxyl groups is 1. The van der Waals surface area contributed by atoms with Crippen molar-refractivity contribution >= 4 is 6.08 Å². The SMILES string of the molecule is COc1ccc(C=CCN2C[C@H](CO)[C@H](CN3C[C@@H](C)O[C@@H](C)C3)C2)cc1. The molecule has 150 valence electrons. The van der Waals surface area contributed by atoms with Crippen molar-refractivity contribution in [3.05, 3.63) is 35.9 Å². The number of hydrogen-bond donors (Lipinski definition) is 1. The molecule has 5 heteroatoms. The third-order valence-corrected chi connectivity index (χ3v) is 5.66. The first-order valence-electron chi connectivity index (χ1n) is 10.1. The van der Waals surface area contributed by atoms with Crippen molar-refractivity contribution in [3.8, 4) is 5.75 Å². The lowest BCUT2D eigenvalue weighted by atomic mass is 9.96. The number of hydrogen-bond acceptors (Lipinski definition) is 5. The molecule has 1 N–H and O–H groups in total. The van der Waals surface area contributed by atoms with Crippen LogP contribution >= 0.6 is 0 Å². The van der Waals surface area contributed by atoms with E-state index in [1.165, 1.54) is 5.56 Å². The van der Waals surface area contributed by atoms with Crippen LogP contribution in [-0.4, -0.2) is 80.1 Å². The summed E-state index contributed by atoms with van der Waals surface area (Å²) in [6.45, 7) is 10.6. The molecule has 27 heavy (non-hydrogen) atoms. The molecule has 2 aliphatic rings. The van der Waals surface area contributed by atoms with Crippen LogP contribution in [0.1, 0.15) is 19.4 Å². The fraction of sp³-hybridized carbons (Fsp3) is 0.636. The Morgan fingerprint density at radius 2 is 1.70 bits per heavy atom. The van der Waals surface area contributed by atoms with Gasteiger partial charge in [-0.1, -0.05) is 24.3 Å². The van der Waals surface area contributed by atoms with Crippen LogP contribution in [-0.2, 0) is 4.74 Å². The second kappa shape index (κ2) is 9.69. The summed E-state index contributed by atoms with van der Waals surface area (Å²) >= 11 is 0. The first-order valence-corrected chi connectivity index (χ1v) is 10.1. The molecule has 2 heterocycles.